The van der Waals surface area contributed by atoms with Crippen molar-refractivity contribution >= 4 is 32.6 Å². The molecule has 1 aromatic heterocycles. The number of rotatable bonds is 4. The maximum atomic E-state index is 11.5. The molecule has 0 fully saturated rings. The molecule has 1 N–H and O–H groups in total. The van der Waals surface area contributed by atoms with Crippen molar-refractivity contribution in [3.63, 3.8) is 0 Å². The number of amides is 1. The van der Waals surface area contributed by atoms with E-state index in [0.29, 0.717) is 17.9 Å². The Bertz CT molecular complexity index is 384. The molecular formula is C9H11BrN2O2S. The first-order valence-corrected chi connectivity index (χ1v) is 6.80. The van der Waals surface area contributed by atoms with E-state index >= 15 is 0 Å². The summed E-state index contributed by atoms with van der Waals surface area (Å²) in [5.41, 5.74) is 0.492. The highest BCUT2D eigenvalue weighted by Gasteiger charge is 2.05. The van der Waals surface area contributed by atoms with Gasteiger partial charge in [-0.1, -0.05) is 0 Å². The van der Waals surface area contributed by atoms with Gasteiger partial charge in [-0.05, 0) is 22.0 Å². The summed E-state index contributed by atoms with van der Waals surface area (Å²) in [4.78, 5) is 15.4. The standard InChI is InChI=1S/C9H11BrN2O2S/c1-15(14)3-2-12-9(13)7-4-8(10)6-11-5-7/h4-6H,2-3H2,1H3,(H,12,13). The highest BCUT2D eigenvalue weighted by atomic mass is 79.9. The lowest BCUT2D eigenvalue weighted by atomic mass is 10.3. The van der Waals surface area contributed by atoms with Crippen molar-refractivity contribution < 1.29 is 9.00 Å². The van der Waals surface area contributed by atoms with Crippen molar-refractivity contribution in [3.05, 3.63) is 28.5 Å². The zero-order chi connectivity index (χ0) is 11.3. The second kappa shape index (κ2) is 5.97. The van der Waals surface area contributed by atoms with E-state index in [2.05, 4.69) is 26.2 Å². The minimum Gasteiger partial charge on any atom is -0.351 e. The monoisotopic (exact) mass is 290 g/mol. The molecule has 0 radical (unpaired) electrons. The number of aromatic nitrogens is 1. The van der Waals surface area contributed by atoms with Crippen LogP contribution >= 0.6 is 15.9 Å². The van der Waals surface area contributed by atoms with Crippen molar-refractivity contribution in [2.24, 2.45) is 0 Å². The zero-order valence-corrected chi connectivity index (χ0v) is 10.6. The second-order valence-electron chi connectivity index (χ2n) is 2.93. The average Bonchev–Trinajstić information content (AvgIpc) is 2.17. The second-order valence-corrected chi connectivity index (χ2v) is 5.40. The highest BCUT2D eigenvalue weighted by molar-refractivity contribution is 9.10. The number of halogens is 1. The van der Waals surface area contributed by atoms with Crippen LogP contribution in [0.3, 0.4) is 0 Å². The van der Waals surface area contributed by atoms with E-state index in [1.807, 2.05) is 0 Å². The van der Waals surface area contributed by atoms with Crippen LogP contribution < -0.4 is 5.32 Å². The van der Waals surface area contributed by atoms with E-state index in [1.54, 1.807) is 18.5 Å². The van der Waals surface area contributed by atoms with Gasteiger partial charge in [-0.2, -0.15) is 0 Å². The van der Waals surface area contributed by atoms with Crippen LogP contribution in [-0.2, 0) is 10.8 Å². The maximum absolute atomic E-state index is 11.5. The lowest BCUT2D eigenvalue weighted by molar-refractivity contribution is 0.0955. The first-order chi connectivity index (χ1) is 7.09. The Morgan fingerprint density at radius 3 is 2.93 bits per heavy atom. The third kappa shape index (κ3) is 4.53. The zero-order valence-electron chi connectivity index (χ0n) is 8.20. The SMILES string of the molecule is CS(=O)CCNC(=O)c1cncc(Br)c1. The van der Waals surface area contributed by atoms with E-state index in [4.69, 9.17) is 0 Å². The predicted octanol–water partition coefficient (Wildman–Crippen LogP) is 0.952. The summed E-state index contributed by atoms with van der Waals surface area (Å²) in [6.07, 6.45) is 4.70. The quantitative estimate of drug-likeness (QED) is 0.898. The van der Waals surface area contributed by atoms with Crippen LogP contribution in [0.4, 0.5) is 0 Å². The molecule has 0 spiro atoms. The van der Waals surface area contributed by atoms with Gasteiger partial charge >= 0.3 is 0 Å². The van der Waals surface area contributed by atoms with Crippen LogP contribution in [-0.4, -0.2) is 33.7 Å². The highest BCUT2D eigenvalue weighted by Crippen LogP contribution is 2.09. The molecule has 1 unspecified atom stereocenters. The van der Waals surface area contributed by atoms with Crippen LogP contribution in [0, 0.1) is 0 Å². The summed E-state index contributed by atoms with van der Waals surface area (Å²) in [5.74, 6) is 0.266. The fourth-order valence-electron chi connectivity index (χ4n) is 0.946. The van der Waals surface area contributed by atoms with Crippen LogP contribution in [0.15, 0.2) is 22.9 Å². The van der Waals surface area contributed by atoms with Crippen LogP contribution in [0.25, 0.3) is 0 Å². The number of nitrogens with one attached hydrogen (secondary N) is 1. The summed E-state index contributed by atoms with van der Waals surface area (Å²) >= 11 is 3.23. The summed E-state index contributed by atoms with van der Waals surface area (Å²) in [6, 6.07) is 1.69. The first kappa shape index (κ1) is 12.3. The molecule has 0 aliphatic heterocycles. The predicted molar refractivity (Wildman–Crippen MR) is 63.2 cm³/mol. The Hall–Kier alpha value is -0.750. The van der Waals surface area contributed by atoms with Crippen molar-refractivity contribution in [2.45, 2.75) is 0 Å². The Morgan fingerprint density at radius 2 is 2.33 bits per heavy atom. The van der Waals surface area contributed by atoms with E-state index < -0.39 is 10.8 Å². The molecule has 0 saturated carbocycles. The molecule has 4 nitrogen and oxygen atoms in total. The Balaban J connectivity index is 2.50. The smallest absolute Gasteiger partial charge is 0.252 e. The molecule has 1 atom stereocenters. The fourth-order valence-corrected chi connectivity index (χ4v) is 1.70. The van der Waals surface area contributed by atoms with Gasteiger partial charge < -0.3 is 5.32 Å². The third-order valence-corrected chi connectivity index (χ3v) is 2.85. The molecule has 1 amide bonds. The normalized spacial score (nSPS) is 12.1. The van der Waals surface area contributed by atoms with Gasteiger partial charge in [0.2, 0.25) is 0 Å². The fraction of sp³-hybridized carbons (Fsp3) is 0.333. The van der Waals surface area contributed by atoms with Crippen molar-refractivity contribution in [1.29, 1.82) is 0 Å². The molecular weight excluding hydrogens is 280 g/mol. The molecule has 0 aliphatic carbocycles. The van der Waals surface area contributed by atoms with Gasteiger partial charge in [-0.15, -0.1) is 0 Å². The lowest BCUT2D eigenvalue weighted by Gasteiger charge is -2.03. The molecule has 1 heterocycles. The molecule has 82 valence electrons. The summed E-state index contributed by atoms with van der Waals surface area (Å²) < 4.78 is 11.5. The minimum atomic E-state index is -0.882. The van der Waals surface area contributed by atoms with Crippen LogP contribution in [0.2, 0.25) is 0 Å². The van der Waals surface area contributed by atoms with Gasteiger partial charge in [0.1, 0.15) is 0 Å². The summed E-state index contributed by atoms with van der Waals surface area (Å²) in [6.45, 7) is 0.411. The lowest BCUT2D eigenvalue weighted by Crippen LogP contribution is -2.27. The Morgan fingerprint density at radius 1 is 1.60 bits per heavy atom. The largest absolute Gasteiger partial charge is 0.351 e. The van der Waals surface area contributed by atoms with Crippen LogP contribution in [0.5, 0.6) is 0 Å². The molecule has 1 aromatic rings. The van der Waals surface area contributed by atoms with E-state index in [-0.39, 0.29) is 5.91 Å². The van der Waals surface area contributed by atoms with Gasteiger partial charge in [0, 0.05) is 46.2 Å². The topological polar surface area (TPSA) is 59.1 Å². The minimum absolute atomic E-state index is 0.200. The average molecular weight is 291 g/mol. The molecule has 15 heavy (non-hydrogen) atoms. The third-order valence-electron chi connectivity index (χ3n) is 1.64. The maximum Gasteiger partial charge on any atom is 0.252 e. The number of nitrogens with zero attached hydrogens (tertiary/aromatic N) is 1. The molecule has 0 saturated heterocycles. The van der Waals surface area contributed by atoms with Gasteiger partial charge in [-0.25, -0.2) is 0 Å². The van der Waals surface area contributed by atoms with Crippen molar-refractivity contribution in [3.8, 4) is 0 Å². The van der Waals surface area contributed by atoms with E-state index in [1.165, 1.54) is 6.20 Å². The molecule has 1 rings (SSSR count). The number of carbonyl (C=O) groups is 1. The molecule has 6 heteroatoms. The Kier molecular flexibility index (Phi) is 4.90. The molecule has 0 aromatic carbocycles. The number of pyridine rings is 1. The number of carbonyl (C=O) groups excluding carboxylic acids is 1. The van der Waals surface area contributed by atoms with Crippen molar-refractivity contribution in [2.75, 3.05) is 18.6 Å². The van der Waals surface area contributed by atoms with Gasteiger partial charge in [0.05, 0.1) is 5.56 Å². The number of hydrogen-bond donors (Lipinski definition) is 1. The van der Waals surface area contributed by atoms with E-state index in [9.17, 15) is 9.00 Å². The number of hydrogen-bond acceptors (Lipinski definition) is 3. The van der Waals surface area contributed by atoms with Gasteiger partial charge in [0.25, 0.3) is 5.91 Å². The van der Waals surface area contributed by atoms with Crippen molar-refractivity contribution in [1.82, 2.24) is 10.3 Å². The summed E-state index contributed by atoms with van der Waals surface area (Å²) in [5, 5.41) is 2.66. The van der Waals surface area contributed by atoms with Gasteiger partial charge in [0.15, 0.2) is 0 Å². The Labute approximate surface area is 99.1 Å². The van der Waals surface area contributed by atoms with E-state index in [0.717, 1.165) is 4.47 Å². The van der Waals surface area contributed by atoms with Crippen LogP contribution in [0.1, 0.15) is 10.4 Å². The van der Waals surface area contributed by atoms with Gasteiger partial charge in [-0.3, -0.25) is 14.0 Å². The molecule has 0 bridgehead atoms. The summed E-state index contributed by atoms with van der Waals surface area (Å²) in [7, 11) is -0.882. The molecule has 0 aliphatic rings. The first-order valence-electron chi connectivity index (χ1n) is 4.28.